The number of amides is 2. The molecule has 0 aromatic carbocycles. The zero-order valence-electron chi connectivity index (χ0n) is 13.3. The van der Waals surface area contributed by atoms with E-state index in [1.807, 2.05) is 17.1 Å². The lowest BCUT2D eigenvalue weighted by Gasteiger charge is -2.09. The molecule has 0 saturated heterocycles. The van der Waals surface area contributed by atoms with Gasteiger partial charge in [0.15, 0.2) is 0 Å². The maximum absolute atomic E-state index is 11.9. The van der Waals surface area contributed by atoms with Gasteiger partial charge < -0.3 is 5.32 Å². The Hall–Kier alpha value is -3.41. The largest absolute Gasteiger partial charge is 0.336 e. The van der Waals surface area contributed by atoms with E-state index in [0.29, 0.717) is 11.7 Å². The molecule has 2 aromatic heterocycles. The highest BCUT2D eigenvalue weighted by molar-refractivity contribution is 5.88. The number of anilines is 1. The zero-order chi connectivity index (χ0) is 17.8. The molecule has 3 rings (SSSR count). The number of pyridine rings is 1. The van der Waals surface area contributed by atoms with Crippen LogP contribution >= 0.6 is 0 Å². The van der Waals surface area contributed by atoms with Crippen molar-refractivity contribution in [2.24, 2.45) is 0 Å². The number of H-pyrrole nitrogens is 1. The number of aromatic amines is 1. The lowest BCUT2D eigenvalue weighted by Crippen LogP contribution is -2.36. The first-order valence-corrected chi connectivity index (χ1v) is 7.82. The van der Waals surface area contributed by atoms with Gasteiger partial charge in [0.05, 0.1) is 0 Å². The molecule has 0 radical (unpaired) electrons. The first-order valence-electron chi connectivity index (χ1n) is 7.82. The number of carbonyl (C=O) groups is 1. The summed E-state index contributed by atoms with van der Waals surface area (Å²) in [4.78, 5) is 41.3. The van der Waals surface area contributed by atoms with Gasteiger partial charge in [0.2, 0.25) is 0 Å². The van der Waals surface area contributed by atoms with Crippen molar-refractivity contribution in [3.8, 4) is 6.07 Å². The summed E-state index contributed by atoms with van der Waals surface area (Å²) in [6.07, 6.45) is 3.42. The van der Waals surface area contributed by atoms with E-state index in [4.69, 9.17) is 5.26 Å². The molecular weight excluding hydrogens is 324 g/mol. The highest BCUT2D eigenvalue weighted by Crippen LogP contribution is 2.39. The molecule has 0 unspecified atom stereocenters. The Kier molecular flexibility index (Phi) is 4.61. The van der Waals surface area contributed by atoms with Gasteiger partial charge in [-0.2, -0.15) is 5.26 Å². The molecule has 9 nitrogen and oxygen atoms in total. The monoisotopic (exact) mass is 340 g/mol. The van der Waals surface area contributed by atoms with E-state index in [0.717, 1.165) is 23.1 Å². The number of nitrogens with one attached hydrogen (secondary N) is 3. The maximum Gasteiger partial charge on any atom is 0.328 e. The predicted octanol–water partition coefficient (Wildman–Crippen LogP) is 0.502. The summed E-state index contributed by atoms with van der Waals surface area (Å²) < 4.78 is 1.16. The van der Waals surface area contributed by atoms with Crippen LogP contribution in [0.4, 0.5) is 10.6 Å². The van der Waals surface area contributed by atoms with E-state index in [9.17, 15) is 14.4 Å². The van der Waals surface area contributed by atoms with E-state index < -0.39 is 17.3 Å². The second-order valence-electron chi connectivity index (χ2n) is 5.71. The van der Waals surface area contributed by atoms with Crippen LogP contribution in [0.2, 0.25) is 0 Å². The van der Waals surface area contributed by atoms with Crippen molar-refractivity contribution in [2.45, 2.75) is 25.3 Å². The number of carbonyl (C=O) groups excluding carboxylic acids is 1. The predicted molar refractivity (Wildman–Crippen MR) is 89.3 cm³/mol. The molecule has 25 heavy (non-hydrogen) atoms. The Morgan fingerprint density at radius 3 is 2.92 bits per heavy atom. The standard InChI is InChI=1S/C16H16N6O3/c17-8-11-9-22(16(25)21-14(11)23)7-6-18-15(24)20-13-3-1-2-12(19-13)10-4-5-10/h1-3,9-10H,4-7H2,(H,21,23,25)(H2,18,19,20,24). The van der Waals surface area contributed by atoms with Crippen molar-refractivity contribution in [1.29, 1.82) is 5.26 Å². The van der Waals surface area contributed by atoms with Crippen molar-refractivity contribution in [3.05, 3.63) is 56.5 Å². The van der Waals surface area contributed by atoms with Gasteiger partial charge in [0.1, 0.15) is 17.5 Å². The van der Waals surface area contributed by atoms with Crippen LogP contribution in [0.15, 0.2) is 34.0 Å². The number of nitriles is 1. The number of urea groups is 1. The lowest BCUT2D eigenvalue weighted by atomic mass is 10.2. The molecule has 1 aliphatic rings. The van der Waals surface area contributed by atoms with Crippen LogP contribution in [0.3, 0.4) is 0 Å². The molecule has 0 spiro atoms. The van der Waals surface area contributed by atoms with E-state index in [1.165, 1.54) is 6.20 Å². The molecule has 2 heterocycles. The number of hydrogen-bond acceptors (Lipinski definition) is 5. The normalized spacial score (nSPS) is 13.1. The summed E-state index contributed by atoms with van der Waals surface area (Å²) in [6.45, 7) is 0.262. The molecule has 9 heteroatoms. The van der Waals surface area contributed by atoms with Gasteiger partial charge in [-0.1, -0.05) is 6.07 Å². The van der Waals surface area contributed by atoms with Crippen molar-refractivity contribution in [1.82, 2.24) is 19.9 Å². The van der Waals surface area contributed by atoms with E-state index >= 15 is 0 Å². The fourth-order valence-electron chi connectivity index (χ4n) is 2.33. The third-order valence-corrected chi connectivity index (χ3v) is 3.78. The molecule has 0 aliphatic heterocycles. The number of hydrogen-bond donors (Lipinski definition) is 3. The van der Waals surface area contributed by atoms with E-state index in [2.05, 4.69) is 15.6 Å². The van der Waals surface area contributed by atoms with Crippen LogP contribution in [0, 0.1) is 11.3 Å². The van der Waals surface area contributed by atoms with Crippen LogP contribution in [-0.2, 0) is 6.54 Å². The third-order valence-electron chi connectivity index (χ3n) is 3.78. The molecule has 2 amide bonds. The minimum atomic E-state index is -0.726. The van der Waals surface area contributed by atoms with Gasteiger partial charge in [-0.25, -0.2) is 14.6 Å². The van der Waals surface area contributed by atoms with Crippen LogP contribution in [0.25, 0.3) is 0 Å². The average Bonchev–Trinajstić information content (AvgIpc) is 3.42. The number of nitrogens with zero attached hydrogens (tertiary/aromatic N) is 3. The Morgan fingerprint density at radius 2 is 2.20 bits per heavy atom. The van der Waals surface area contributed by atoms with Crippen LogP contribution in [0.5, 0.6) is 0 Å². The summed E-state index contributed by atoms with van der Waals surface area (Å²) in [5, 5.41) is 14.0. The van der Waals surface area contributed by atoms with E-state index in [-0.39, 0.29) is 18.7 Å². The smallest absolute Gasteiger partial charge is 0.328 e. The fourth-order valence-corrected chi connectivity index (χ4v) is 2.33. The molecule has 1 saturated carbocycles. The summed E-state index contributed by atoms with van der Waals surface area (Å²) in [6, 6.07) is 6.75. The topological polar surface area (TPSA) is 133 Å². The molecule has 0 bridgehead atoms. The van der Waals surface area contributed by atoms with Gasteiger partial charge in [-0.15, -0.1) is 0 Å². The van der Waals surface area contributed by atoms with Crippen molar-refractivity contribution >= 4 is 11.8 Å². The average molecular weight is 340 g/mol. The van der Waals surface area contributed by atoms with Gasteiger partial charge in [0, 0.05) is 30.9 Å². The van der Waals surface area contributed by atoms with Gasteiger partial charge in [-0.05, 0) is 25.0 Å². The Bertz CT molecular complexity index is 951. The number of aromatic nitrogens is 3. The first kappa shape index (κ1) is 16.4. The van der Waals surface area contributed by atoms with Crippen molar-refractivity contribution in [2.75, 3.05) is 11.9 Å². The van der Waals surface area contributed by atoms with Gasteiger partial charge >= 0.3 is 11.7 Å². The first-order chi connectivity index (χ1) is 12.1. The molecule has 2 aromatic rings. The quantitative estimate of drug-likeness (QED) is 0.729. The Balaban J connectivity index is 1.55. The lowest BCUT2D eigenvalue weighted by molar-refractivity contribution is 0.251. The molecule has 3 N–H and O–H groups in total. The van der Waals surface area contributed by atoms with Crippen LogP contribution in [0.1, 0.15) is 30.0 Å². The van der Waals surface area contributed by atoms with Gasteiger partial charge in [-0.3, -0.25) is 19.7 Å². The summed E-state index contributed by atoms with van der Waals surface area (Å²) in [7, 11) is 0. The molecule has 0 atom stereocenters. The second-order valence-corrected chi connectivity index (χ2v) is 5.71. The highest BCUT2D eigenvalue weighted by Gasteiger charge is 2.24. The van der Waals surface area contributed by atoms with Crippen LogP contribution in [-0.4, -0.2) is 27.1 Å². The minimum absolute atomic E-state index is 0.118. The molecule has 128 valence electrons. The van der Waals surface area contributed by atoms with Crippen molar-refractivity contribution in [3.63, 3.8) is 0 Å². The van der Waals surface area contributed by atoms with Crippen LogP contribution < -0.4 is 21.9 Å². The maximum atomic E-state index is 11.9. The summed E-state index contributed by atoms with van der Waals surface area (Å²) in [5.74, 6) is 0.959. The Morgan fingerprint density at radius 1 is 1.40 bits per heavy atom. The molecule has 1 aliphatic carbocycles. The highest BCUT2D eigenvalue weighted by atomic mass is 16.2. The van der Waals surface area contributed by atoms with Crippen molar-refractivity contribution < 1.29 is 4.79 Å². The molecular formula is C16H16N6O3. The molecule has 1 fully saturated rings. The summed E-state index contributed by atoms with van der Waals surface area (Å²) >= 11 is 0. The fraction of sp³-hybridized carbons (Fsp3) is 0.312. The summed E-state index contributed by atoms with van der Waals surface area (Å²) in [5.41, 5.74) is -0.548. The minimum Gasteiger partial charge on any atom is -0.336 e. The SMILES string of the molecule is N#Cc1cn(CCNC(=O)Nc2cccc(C3CC3)n2)c(=O)[nH]c1=O. The zero-order valence-corrected chi connectivity index (χ0v) is 13.3. The third kappa shape index (κ3) is 4.11. The number of rotatable bonds is 5. The van der Waals surface area contributed by atoms with Gasteiger partial charge in [0.25, 0.3) is 5.56 Å². The Labute approximate surface area is 142 Å². The second kappa shape index (κ2) is 7.00. The van der Waals surface area contributed by atoms with E-state index in [1.54, 1.807) is 12.1 Å².